The van der Waals surface area contributed by atoms with Crippen LogP contribution in [0.5, 0.6) is 0 Å². The highest BCUT2D eigenvalue weighted by Gasteiger charge is 2.31. The van der Waals surface area contributed by atoms with Crippen LogP contribution in [0.25, 0.3) is 0 Å². The maximum absolute atomic E-state index is 11.9. The average Bonchev–Trinajstić information content (AvgIpc) is 2.25. The highest BCUT2D eigenvalue weighted by molar-refractivity contribution is 5.84. The van der Waals surface area contributed by atoms with Gasteiger partial charge in [0.25, 0.3) is 0 Å². The Balaban J connectivity index is 2.53. The van der Waals surface area contributed by atoms with E-state index in [9.17, 15) is 9.59 Å². The Morgan fingerprint density at radius 2 is 2.17 bits per heavy atom. The van der Waals surface area contributed by atoms with E-state index in [1.54, 1.807) is 4.90 Å². The quantitative estimate of drug-likeness (QED) is 0.833. The van der Waals surface area contributed by atoms with Crippen LogP contribution in [-0.2, 0) is 9.53 Å². The molecule has 0 radical (unpaired) electrons. The van der Waals surface area contributed by atoms with E-state index in [1.807, 2.05) is 20.8 Å². The molecule has 1 rings (SSSR count). The molecular formula is C13H23NO4. The van der Waals surface area contributed by atoms with E-state index >= 15 is 0 Å². The number of likely N-dealkylation sites (tertiary alicyclic amines) is 1. The lowest BCUT2D eigenvalue weighted by Crippen LogP contribution is -2.46. The normalized spacial score (nSPS) is 21.0. The molecule has 0 saturated carbocycles. The van der Waals surface area contributed by atoms with E-state index in [2.05, 4.69) is 0 Å². The number of hydrogen-bond donors (Lipinski definition) is 1. The van der Waals surface area contributed by atoms with Gasteiger partial charge in [-0.1, -0.05) is 0 Å². The number of piperidine rings is 1. The first-order chi connectivity index (χ1) is 8.33. The van der Waals surface area contributed by atoms with Gasteiger partial charge in [-0.25, -0.2) is 4.79 Å². The molecule has 1 N–H and O–H groups in total. The Labute approximate surface area is 108 Å². The van der Waals surface area contributed by atoms with Gasteiger partial charge < -0.3 is 14.7 Å². The zero-order valence-electron chi connectivity index (χ0n) is 11.4. The molecule has 0 spiro atoms. The number of ether oxygens (including phenoxy) is 1. The Morgan fingerprint density at radius 3 is 2.72 bits per heavy atom. The van der Waals surface area contributed by atoms with Crippen molar-refractivity contribution in [2.75, 3.05) is 19.7 Å². The summed E-state index contributed by atoms with van der Waals surface area (Å²) < 4.78 is 5.29. The zero-order chi connectivity index (χ0) is 13.8. The number of amides is 1. The lowest BCUT2D eigenvalue weighted by Gasteiger charge is -2.33. The molecule has 1 aliphatic rings. The minimum atomic E-state index is -0.515. The second kappa shape index (κ2) is 6.18. The molecule has 0 aromatic rings. The molecule has 1 saturated heterocycles. The minimum Gasteiger partial charge on any atom is -0.444 e. The highest BCUT2D eigenvalue weighted by Crippen LogP contribution is 2.20. The number of carbonyl (C=O) groups excluding carboxylic acids is 2. The number of aliphatic hydroxyl groups is 1. The second-order valence-corrected chi connectivity index (χ2v) is 5.71. The lowest BCUT2D eigenvalue weighted by molar-refractivity contribution is -0.126. The molecule has 1 fully saturated rings. The first-order valence-electron chi connectivity index (χ1n) is 6.45. The fourth-order valence-electron chi connectivity index (χ4n) is 1.99. The van der Waals surface area contributed by atoms with Crippen molar-refractivity contribution in [3.8, 4) is 0 Å². The van der Waals surface area contributed by atoms with E-state index in [-0.39, 0.29) is 24.4 Å². The van der Waals surface area contributed by atoms with Crippen molar-refractivity contribution in [1.82, 2.24) is 4.90 Å². The Morgan fingerprint density at radius 1 is 1.50 bits per heavy atom. The predicted octanol–water partition coefficient (Wildman–Crippen LogP) is 1.58. The summed E-state index contributed by atoms with van der Waals surface area (Å²) in [4.78, 5) is 25.2. The summed E-state index contributed by atoms with van der Waals surface area (Å²) in [5.41, 5.74) is -0.515. The van der Waals surface area contributed by atoms with Crippen molar-refractivity contribution in [1.29, 1.82) is 0 Å². The summed E-state index contributed by atoms with van der Waals surface area (Å²) in [5, 5.41) is 8.79. The third kappa shape index (κ3) is 4.64. The van der Waals surface area contributed by atoms with Gasteiger partial charge in [-0.15, -0.1) is 0 Å². The molecular weight excluding hydrogens is 234 g/mol. The minimum absolute atomic E-state index is 0.0796. The van der Waals surface area contributed by atoms with E-state index in [1.165, 1.54) is 0 Å². The van der Waals surface area contributed by atoms with Crippen molar-refractivity contribution in [3.63, 3.8) is 0 Å². The van der Waals surface area contributed by atoms with Crippen molar-refractivity contribution < 1.29 is 19.4 Å². The molecule has 0 aromatic heterocycles. The zero-order valence-corrected chi connectivity index (χ0v) is 11.4. The van der Waals surface area contributed by atoms with Crippen molar-refractivity contribution in [2.24, 2.45) is 5.92 Å². The molecule has 0 unspecified atom stereocenters. The van der Waals surface area contributed by atoms with Crippen molar-refractivity contribution in [2.45, 2.75) is 45.6 Å². The molecule has 1 amide bonds. The number of aliphatic hydroxyl groups excluding tert-OH is 1. The smallest absolute Gasteiger partial charge is 0.410 e. The number of carbonyl (C=O) groups is 2. The van der Waals surface area contributed by atoms with E-state index < -0.39 is 5.60 Å². The van der Waals surface area contributed by atoms with Crippen LogP contribution >= 0.6 is 0 Å². The largest absolute Gasteiger partial charge is 0.444 e. The summed E-state index contributed by atoms with van der Waals surface area (Å²) >= 11 is 0. The van der Waals surface area contributed by atoms with Crippen LogP contribution in [0, 0.1) is 5.92 Å². The third-order valence-corrected chi connectivity index (χ3v) is 2.89. The average molecular weight is 257 g/mol. The van der Waals surface area contributed by atoms with E-state index in [4.69, 9.17) is 9.84 Å². The number of rotatable bonds is 3. The van der Waals surface area contributed by atoms with Gasteiger partial charge >= 0.3 is 6.09 Å². The molecule has 1 atom stereocenters. The Bertz CT molecular complexity index is 309. The number of nitrogens with zero attached hydrogens (tertiary/aromatic N) is 1. The number of Topliss-reactive ketones (excluding diaryl/α,β-unsaturated/α-hetero) is 1. The van der Waals surface area contributed by atoms with Gasteiger partial charge in [0.05, 0.1) is 0 Å². The standard InChI is InChI=1S/C13H23NO4/c1-13(2,3)18-12(17)14-7-6-11(16)10(9-14)5-4-8-15/h10,15H,4-9H2,1-3H3/t10-/m0/s1. The van der Waals surface area contributed by atoms with Crippen LogP contribution in [0.15, 0.2) is 0 Å². The van der Waals surface area contributed by atoms with Crippen LogP contribution in [-0.4, -0.2) is 47.2 Å². The van der Waals surface area contributed by atoms with E-state index in [0.717, 1.165) is 0 Å². The van der Waals surface area contributed by atoms with E-state index in [0.29, 0.717) is 32.4 Å². The predicted molar refractivity (Wildman–Crippen MR) is 67.2 cm³/mol. The highest BCUT2D eigenvalue weighted by atomic mass is 16.6. The van der Waals surface area contributed by atoms with Gasteiger partial charge in [0.15, 0.2) is 0 Å². The summed E-state index contributed by atoms with van der Waals surface area (Å²) in [6.07, 6.45) is 1.26. The third-order valence-electron chi connectivity index (χ3n) is 2.89. The van der Waals surface area contributed by atoms with Crippen LogP contribution in [0.3, 0.4) is 0 Å². The van der Waals surface area contributed by atoms with Crippen LogP contribution < -0.4 is 0 Å². The summed E-state index contributed by atoms with van der Waals surface area (Å²) in [6, 6.07) is 0. The van der Waals surface area contributed by atoms with Gasteiger partial charge in [0.1, 0.15) is 11.4 Å². The fraction of sp³-hybridized carbons (Fsp3) is 0.846. The maximum Gasteiger partial charge on any atom is 0.410 e. The van der Waals surface area contributed by atoms with Crippen molar-refractivity contribution >= 4 is 11.9 Å². The van der Waals surface area contributed by atoms with Gasteiger partial charge in [-0.2, -0.15) is 0 Å². The Hall–Kier alpha value is -1.10. The molecule has 5 heteroatoms. The SMILES string of the molecule is CC(C)(C)OC(=O)N1CCC(=O)[C@@H](CCCO)C1. The summed E-state index contributed by atoms with van der Waals surface area (Å²) in [7, 11) is 0. The van der Waals surface area contributed by atoms with Crippen LogP contribution in [0.1, 0.15) is 40.0 Å². The molecule has 0 aliphatic carbocycles. The Kier molecular flexibility index (Phi) is 5.14. The first kappa shape index (κ1) is 15.0. The van der Waals surface area contributed by atoms with Gasteiger partial charge in [0, 0.05) is 32.0 Å². The lowest BCUT2D eigenvalue weighted by atomic mass is 9.92. The van der Waals surface area contributed by atoms with Crippen molar-refractivity contribution in [3.05, 3.63) is 0 Å². The topological polar surface area (TPSA) is 66.8 Å². The molecule has 5 nitrogen and oxygen atoms in total. The van der Waals surface area contributed by atoms with Gasteiger partial charge in [0.2, 0.25) is 0 Å². The number of ketones is 1. The molecule has 1 heterocycles. The first-order valence-corrected chi connectivity index (χ1v) is 6.45. The van der Waals surface area contributed by atoms with Crippen LogP contribution in [0.2, 0.25) is 0 Å². The molecule has 18 heavy (non-hydrogen) atoms. The fourth-order valence-corrected chi connectivity index (χ4v) is 1.99. The second-order valence-electron chi connectivity index (χ2n) is 5.71. The summed E-state index contributed by atoms with van der Waals surface area (Å²) in [5.74, 6) is 0.0293. The molecule has 0 bridgehead atoms. The van der Waals surface area contributed by atoms with Gasteiger partial charge in [-0.3, -0.25) is 4.79 Å². The monoisotopic (exact) mass is 257 g/mol. The summed E-state index contributed by atoms with van der Waals surface area (Å²) in [6.45, 7) is 6.39. The van der Waals surface area contributed by atoms with Crippen LogP contribution in [0.4, 0.5) is 4.79 Å². The molecule has 104 valence electrons. The maximum atomic E-state index is 11.9. The molecule has 0 aromatic carbocycles. The van der Waals surface area contributed by atoms with Gasteiger partial charge in [-0.05, 0) is 33.6 Å². The molecule has 1 aliphatic heterocycles. The number of hydrogen-bond acceptors (Lipinski definition) is 4.